The van der Waals surface area contributed by atoms with E-state index in [4.69, 9.17) is 9.47 Å². The van der Waals surface area contributed by atoms with E-state index in [0.717, 1.165) is 12.0 Å². The molecule has 0 saturated heterocycles. The van der Waals surface area contributed by atoms with Gasteiger partial charge in [0.15, 0.2) is 11.5 Å². The second kappa shape index (κ2) is 8.84. The zero-order chi connectivity index (χ0) is 19.1. The smallest absolute Gasteiger partial charge is 0.229 e. The van der Waals surface area contributed by atoms with Crippen LogP contribution in [0.15, 0.2) is 54.7 Å². The predicted octanol–water partition coefficient (Wildman–Crippen LogP) is 4.03. The molecule has 0 unspecified atom stereocenters. The summed E-state index contributed by atoms with van der Waals surface area (Å²) in [6.45, 7) is 0.686. The summed E-state index contributed by atoms with van der Waals surface area (Å²) in [7, 11) is 3.23. The van der Waals surface area contributed by atoms with Gasteiger partial charge >= 0.3 is 0 Å². The number of hydrogen-bond donors (Lipinski definition) is 2. The third-order valence-electron chi connectivity index (χ3n) is 3.90. The number of hydrogen-bond acceptors (Lipinski definition) is 6. The van der Waals surface area contributed by atoms with Crippen molar-refractivity contribution >= 4 is 17.5 Å². The molecule has 0 bridgehead atoms. The third kappa shape index (κ3) is 5.07. The number of aromatic nitrogens is 2. The minimum Gasteiger partial charge on any atom is -0.493 e. The largest absolute Gasteiger partial charge is 0.493 e. The van der Waals surface area contributed by atoms with Gasteiger partial charge in [0.05, 0.1) is 14.2 Å². The van der Waals surface area contributed by atoms with Crippen LogP contribution in [0.25, 0.3) is 0 Å². The van der Waals surface area contributed by atoms with Crippen molar-refractivity contribution in [2.75, 3.05) is 31.4 Å². The van der Waals surface area contributed by atoms with Crippen LogP contribution < -0.4 is 20.1 Å². The Labute approximate surface area is 157 Å². The number of halogens is 1. The van der Waals surface area contributed by atoms with Gasteiger partial charge in [-0.25, -0.2) is 9.37 Å². The number of nitrogens with one attached hydrogen (secondary N) is 2. The Morgan fingerprint density at radius 1 is 1.00 bits per heavy atom. The van der Waals surface area contributed by atoms with Crippen LogP contribution in [-0.4, -0.2) is 30.7 Å². The Balaban J connectivity index is 1.58. The minimum absolute atomic E-state index is 0.316. The van der Waals surface area contributed by atoms with Crippen LogP contribution in [0.2, 0.25) is 0 Å². The lowest BCUT2D eigenvalue weighted by molar-refractivity contribution is 0.354. The normalized spacial score (nSPS) is 10.3. The fourth-order valence-corrected chi connectivity index (χ4v) is 2.58. The van der Waals surface area contributed by atoms with Gasteiger partial charge in [-0.1, -0.05) is 12.1 Å². The molecule has 27 heavy (non-hydrogen) atoms. The average Bonchev–Trinajstić information content (AvgIpc) is 2.68. The van der Waals surface area contributed by atoms with Crippen molar-refractivity contribution in [2.45, 2.75) is 6.42 Å². The Morgan fingerprint density at radius 3 is 2.63 bits per heavy atom. The monoisotopic (exact) mass is 368 g/mol. The fraction of sp³-hybridized carbons (Fsp3) is 0.200. The summed E-state index contributed by atoms with van der Waals surface area (Å²) in [6, 6.07) is 13.8. The highest BCUT2D eigenvalue weighted by molar-refractivity contribution is 5.54. The topological polar surface area (TPSA) is 68.3 Å². The predicted molar refractivity (Wildman–Crippen MR) is 103 cm³/mol. The molecule has 6 nitrogen and oxygen atoms in total. The first-order valence-corrected chi connectivity index (χ1v) is 8.48. The SMILES string of the molecule is COc1ccc(CCNc2ccnc(Nc3cccc(F)c3)n2)cc1OC. The highest BCUT2D eigenvalue weighted by Gasteiger charge is 2.05. The Hall–Kier alpha value is -3.35. The molecule has 0 radical (unpaired) electrons. The molecular formula is C20H21FN4O2. The van der Waals surface area contributed by atoms with Crippen LogP contribution >= 0.6 is 0 Å². The summed E-state index contributed by atoms with van der Waals surface area (Å²) in [5.74, 6) is 2.18. The van der Waals surface area contributed by atoms with Crippen LogP contribution in [0.3, 0.4) is 0 Å². The zero-order valence-electron chi connectivity index (χ0n) is 15.2. The number of rotatable bonds is 8. The zero-order valence-corrected chi connectivity index (χ0v) is 15.2. The van der Waals surface area contributed by atoms with E-state index in [0.29, 0.717) is 35.5 Å². The van der Waals surface area contributed by atoms with Gasteiger partial charge in [-0.05, 0) is 48.4 Å². The molecule has 7 heteroatoms. The van der Waals surface area contributed by atoms with Gasteiger partial charge in [0.1, 0.15) is 11.6 Å². The Kier molecular flexibility index (Phi) is 6.04. The number of ether oxygens (including phenoxy) is 2. The van der Waals surface area contributed by atoms with Gasteiger partial charge in [0, 0.05) is 18.4 Å². The molecule has 1 aromatic heterocycles. The van der Waals surface area contributed by atoms with Gasteiger partial charge < -0.3 is 20.1 Å². The average molecular weight is 368 g/mol. The van der Waals surface area contributed by atoms with Gasteiger partial charge in [-0.3, -0.25) is 0 Å². The lowest BCUT2D eigenvalue weighted by atomic mass is 10.1. The fourth-order valence-electron chi connectivity index (χ4n) is 2.58. The highest BCUT2D eigenvalue weighted by atomic mass is 19.1. The van der Waals surface area contributed by atoms with Crippen molar-refractivity contribution in [1.82, 2.24) is 9.97 Å². The lowest BCUT2D eigenvalue weighted by Gasteiger charge is -2.11. The van der Waals surface area contributed by atoms with Crippen molar-refractivity contribution in [3.05, 3.63) is 66.1 Å². The molecule has 1 heterocycles. The Morgan fingerprint density at radius 2 is 1.85 bits per heavy atom. The summed E-state index contributed by atoms with van der Waals surface area (Å²) in [5.41, 5.74) is 1.71. The molecule has 0 fully saturated rings. The molecule has 0 aliphatic heterocycles. The molecule has 140 valence electrons. The Bertz CT molecular complexity index is 905. The molecule has 0 amide bonds. The number of benzene rings is 2. The summed E-state index contributed by atoms with van der Waals surface area (Å²) in [4.78, 5) is 8.55. The van der Waals surface area contributed by atoms with Gasteiger partial charge in [0.2, 0.25) is 5.95 Å². The van der Waals surface area contributed by atoms with Crippen molar-refractivity contribution in [3.63, 3.8) is 0 Å². The van der Waals surface area contributed by atoms with E-state index < -0.39 is 0 Å². The van der Waals surface area contributed by atoms with Crippen molar-refractivity contribution in [1.29, 1.82) is 0 Å². The molecule has 0 spiro atoms. The summed E-state index contributed by atoms with van der Waals surface area (Å²) in [5, 5.41) is 6.25. The van der Waals surface area contributed by atoms with E-state index in [2.05, 4.69) is 20.6 Å². The molecule has 3 aromatic rings. The van der Waals surface area contributed by atoms with E-state index in [1.165, 1.54) is 12.1 Å². The van der Waals surface area contributed by atoms with E-state index in [9.17, 15) is 4.39 Å². The number of nitrogens with zero attached hydrogens (tertiary/aromatic N) is 2. The molecular weight excluding hydrogens is 347 g/mol. The number of anilines is 3. The van der Waals surface area contributed by atoms with Crippen molar-refractivity contribution < 1.29 is 13.9 Å². The molecule has 2 N–H and O–H groups in total. The molecule has 3 rings (SSSR count). The molecule has 2 aromatic carbocycles. The maximum atomic E-state index is 13.3. The quantitative estimate of drug-likeness (QED) is 0.626. The van der Waals surface area contributed by atoms with Gasteiger partial charge in [-0.2, -0.15) is 4.98 Å². The van der Waals surface area contributed by atoms with Crippen LogP contribution in [0.1, 0.15) is 5.56 Å². The van der Waals surface area contributed by atoms with Crippen molar-refractivity contribution in [3.8, 4) is 11.5 Å². The first-order valence-electron chi connectivity index (χ1n) is 8.48. The maximum absolute atomic E-state index is 13.3. The number of methoxy groups -OCH3 is 2. The van der Waals surface area contributed by atoms with E-state index >= 15 is 0 Å². The second-order valence-corrected chi connectivity index (χ2v) is 5.77. The standard InChI is InChI=1S/C20H21FN4O2/c1-26-17-7-6-14(12-18(17)27-2)8-10-22-19-9-11-23-20(25-19)24-16-5-3-4-15(21)13-16/h3-7,9,11-13H,8,10H2,1-2H3,(H2,22,23,24,25). The first-order chi connectivity index (χ1) is 13.2. The van der Waals surface area contributed by atoms with Crippen molar-refractivity contribution in [2.24, 2.45) is 0 Å². The van der Waals surface area contributed by atoms with Crippen LogP contribution in [-0.2, 0) is 6.42 Å². The first kappa shape index (κ1) is 18.4. The summed E-state index contributed by atoms with van der Waals surface area (Å²) >= 11 is 0. The lowest BCUT2D eigenvalue weighted by Crippen LogP contribution is -2.08. The van der Waals surface area contributed by atoms with Crippen LogP contribution in [0.5, 0.6) is 11.5 Å². The van der Waals surface area contributed by atoms with Gasteiger partial charge in [0.25, 0.3) is 0 Å². The second-order valence-electron chi connectivity index (χ2n) is 5.77. The van der Waals surface area contributed by atoms with Gasteiger partial charge in [-0.15, -0.1) is 0 Å². The molecule has 0 saturated carbocycles. The summed E-state index contributed by atoms with van der Waals surface area (Å²) < 4.78 is 23.8. The molecule has 0 aliphatic rings. The summed E-state index contributed by atoms with van der Waals surface area (Å²) in [6.07, 6.45) is 2.43. The highest BCUT2D eigenvalue weighted by Crippen LogP contribution is 2.27. The van der Waals surface area contributed by atoms with Crippen LogP contribution in [0.4, 0.5) is 21.8 Å². The molecule has 0 aliphatic carbocycles. The third-order valence-corrected chi connectivity index (χ3v) is 3.90. The molecule has 0 atom stereocenters. The minimum atomic E-state index is -0.316. The van der Waals surface area contributed by atoms with E-state index in [-0.39, 0.29) is 5.82 Å². The van der Waals surface area contributed by atoms with Crippen LogP contribution in [0, 0.1) is 5.82 Å². The van der Waals surface area contributed by atoms with E-state index in [1.807, 2.05) is 18.2 Å². The van der Waals surface area contributed by atoms with E-state index in [1.54, 1.807) is 38.6 Å². The maximum Gasteiger partial charge on any atom is 0.229 e.